The Balaban J connectivity index is 2.01. The Labute approximate surface area is 130 Å². The van der Waals surface area contributed by atoms with Crippen LogP contribution in [0.2, 0.25) is 10.0 Å². The molecule has 0 spiro atoms. The highest BCUT2D eigenvalue weighted by molar-refractivity contribution is 6.42. The molecule has 106 valence electrons. The number of hydrogen-bond acceptors (Lipinski definition) is 3. The first-order valence-electron chi connectivity index (χ1n) is 6.15. The second-order valence-corrected chi connectivity index (χ2v) is 5.22. The minimum absolute atomic E-state index is 0.304. The van der Waals surface area contributed by atoms with Gasteiger partial charge < -0.3 is 0 Å². The number of aromatic nitrogens is 4. The molecular formula is C14H10Cl2N4O. The molecule has 0 radical (unpaired) electrons. The van der Waals surface area contributed by atoms with Gasteiger partial charge in [-0.25, -0.2) is 9.89 Å². The zero-order valence-corrected chi connectivity index (χ0v) is 12.3. The van der Waals surface area contributed by atoms with E-state index >= 15 is 0 Å². The number of pyridine rings is 1. The predicted molar refractivity (Wildman–Crippen MR) is 81.6 cm³/mol. The monoisotopic (exact) mass is 320 g/mol. The topological polar surface area (TPSA) is 63.6 Å². The molecule has 3 aromatic rings. The highest BCUT2D eigenvalue weighted by Gasteiger charge is 2.12. The van der Waals surface area contributed by atoms with Crippen LogP contribution < -0.4 is 5.69 Å². The van der Waals surface area contributed by atoms with Gasteiger partial charge in [-0.15, -0.1) is 0 Å². The summed E-state index contributed by atoms with van der Waals surface area (Å²) in [6.45, 7) is 0.331. The fraction of sp³-hybridized carbons (Fsp3) is 0.0714. The predicted octanol–water partition coefficient (Wildman–Crippen LogP) is 2.99. The van der Waals surface area contributed by atoms with Gasteiger partial charge in [-0.3, -0.25) is 9.55 Å². The van der Waals surface area contributed by atoms with E-state index in [2.05, 4.69) is 15.2 Å². The number of rotatable bonds is 3. The quantitative estimate of drug-likeness (QED) is 0.806. The van der Waals surface area contributed by atoms with Crippen LogP contribution >= 0.6 is 23.2 Å². The molecule has 0 aliphatic heterocycles. The summed E-state index contributed by atoms with van der Waals surface area (Å²) in [6, 6.07) is 10.7. The Morgan fingerprint density at radius 2 is 2.00 bits per heavy atom. The van der Waals surface area contributed by atoms with E-state index in [4.69, 9.17) is 23.2 Å². The molecular weight excluding hydrogens is 311 g/mol. The summed E-state index contributed by atoms with van der Waals surface area (Å²) in [4.78, 5) is 16.1. The van der Waals surface area contributed by atoms with Gasteiger partial charge in [-0.2, -0.15) is 5.10 Å². The number of aromatic amines is 1. The lowest BCUT2D eigenvalue weighted by molar-refractivity contribution is 0.766. The number of halogens is 2. The summed E-state index contributed by atoms with van der Waals surface area (Å²) in [6.07, 6.45) is 1.65. The normalized spacial score (nSPS) is 10.8. The largest absolute Gasteiger partial charge is 0.343 e. The van der Waals surface area contributed by atoms with E-state index in [-0.39, 0.29) is 5.69 Å². The van der Waals surface area contributed by atoms with Crippen LogP contribution in [-0.2, 0) is 6.54 Å². The molecule has 0 fully saturated rings. The molecule has 0 saturated heterocycles. The standard InChI is InChI=1S/C14H10Cl2N4O/c15-10-5-4-9(7-11(10)16)8-20-13(18-19-14(20)21)12-3-1-2-6-17-12/h1-7H,8H2,(H,19,21). The minimum atomic E-state index is -0.304. The number of nitrogens with zero attached hydrogens (tertiary/aromatic N) is 3. The fourth-order valence-corrected chi connectivity index (χ4v) is 2.30. The van der Waals surface area contributed by atoms with Gasteiger partial charge in [0.25, 0.3) is 0 Å². The third-order valence-corrected chi connectivity index (χ3v) is 3.72. The summed E-state index contributed by atoms with van der Waals surface area (Å²) < 4.78 is 1.50. The van der Waals surface area contributed by atoms with Gasteiger partial charge in [0.05, 0.1) is 16.6 Å². The van der Waals surface area contributed by atoms with Crippen molar-refractivity contribution in [1.29, 1.82) is 0 Å². The van der Waals surface area contributed by atoms with Gasteiger partial charge in [0.15, 0.2) is 5.82 Å². The van der Waals surface area contributed by atoms with Crippen molar-refractivity contribution in [2.75, 3.05) is 0 Å². The first-order valence-corrected chi connectivity index (χ1v) is 6.91. The van der Waals surface area contributed by atoms with E-state index in [9.17, 15) is 4.79 Å². The van der Waals surface area contributed by atoms with Crippen molar-refractivity contribution < 1.29 is 0 Å². The summed E-state index contributed by atoms with van der Waals surface area (Å²) in [7, 11) is 0. The molecule has 7 heteroatoms. The van der Waals surface area contributed by atoms with Crippen LogP contribution in [-0.4, -0.2) is 19.7 Å². The molecule has 0 saturated carbocycles. The molecule has 1 aromatic carbocycles. The van der Waals surface area contributed by atoms with E-state index in [1.807, 2.05) is 12.1 Å². The summed E-state index contributed by atoms with van der Waals surface area (Å²) in [5, 5.41) is 7.39. The van der Waals surface area contributed by atoms with E-state index in [0.717, 1.165) is 5.56 Å². The molecule has 0 unspecified atom stereocenters. The minimum Gasteiger partial charge on any atom is -0.269 e. The number of H-pyrrole nitrogens is 1. The number of benzene rings is 1. The Hall–Kier alpha value is -2.11. The molecule has 3 rings (SSSR count). The lowest BCUT2D eigenvalue weighted by Crippen LogP contribution is -2.18. The first kappa shape index (κ1) is 13.9. The van der Waals surface area contributed by atoms with Crippen molar-refractivity contribution in [3.05, 3.63) is 68.7 Å². The van der Waals surface area contributed by atoms with Gasteiger partial charge in [-0.1, -0.05) is 35.3 Å². The van der Waals surface area contributed by atoms with Crippen molar-refractivity contribution in [2.45, 2.75) is 6.54 Å². The molecule has 0 bridgehead atoms. The molecule has 2 heterocycles. The second-order valence-electron chi connectivity index (χ2n) is 4.40. The molecule has 0 aliphatic carbocycles. The van der Waals surface area contributed by atoms with Gasteiger partial charge >= 0.3 is 5.69 Å². The smallest absolute Gasteiger partial charge is 0.269 e. The highest BCUT2D eigenvalue weighted by Crippen LogP contribution is 2.23. The zero-order chi connectivity index (χ0) is 14.8. The number of nitrogens with one attached hydrogen (secondary N) is 1. The number of hydrogen-bond donors (Lipinski definition) is 1. The van der Waals surface area contributed by atoms with Crippen LogP contribution in [0.4, 0.5) is 0 Å². The van der Waals surface area contributed by atoms with Crippen LogP contribution in [0.25, 0.3) is 11.5 Å². The lowest BCUT2D eigenvalue weighted by Gasteiger charge is -2.06. The zero-order valence-electron chi connectivity index (χ0n) is 10.8. The van der Waals surface area contributed by atoms with Crippen LogP contribution in [0.1, 0.15) is 5.56 Å². The van der Waals surface area contributed by atoms with Crippen molar-refractivity contribution in [2.24, 2.45) is 0 Å². The molecule has 0 atom stereocenters. The first-order chi connectivity index (χ1) is 10.1. The maximum atomic E-state index is 11.9. The van der Waals surface area contributed by atoms with Crippen LogP contribution in [0, 0.1) is 0 Å². The van der Waals surface area contributed by atoms with Gasteiger partial charge in [0.1, 0.15) is 5.69 Å². The SMILES string of the molecule is O=c1[nH]nc(-c2ccccn2)n1Cc1ccc(Cl)c(Cl)c1. The van der Waals surface area contributed by atoms with Crippen molar-refractivity contribution in [3.63, 3.8) is 0 Å². The van der Waals surface area contributed by atoms with Crippen LogP contribution in [0.3, 0.4) is 0 Å². The Kier molecular flexibility index (Phi) is 3.77. The highest BCUT2D eigenvalue weighted by atomic mass is 35.5. The Morgan fingerprint density at radius 1 is 1.14 bits per heavy atom. The molecule has 5 nitrogen and oxygen atoms in total. The summed E-state index contributed by atoms with van der Waals surface area (Å²) >= 11 is 11.9. The van der Waals surface area contributed by atoms with E-state index in [0.29, 0.717) is 28.1 Å². The molecule has 0 aliphatic rings. The summed E-state index contributed by atoms with van der Waals surface area (Å²) in [5.74, 6) is 0.478. The van der Waals surface area contributed by atoms with Gasteiger partial charge in [0, 0.05) is 6.20 Å². The van der Waals surface area contributed by atoms with Crippen molar-refractivity contribution >= 4 is 23.2 Å². The van der Waals surface area contributed by atoms with E-state index in [1.165, 1.54) is 4.57 Å². The molecule has 21 heavy (non-hydrogen) atoms. The van der Waals surface area contributed by atoms with Crippen molar-refractivity contribution in [3.8, 4) is 11.5 Å². The lowest BCUT2D eigenvalue weighted by atomic mass is 10.2. The fourth-order valence-electron chi connectivity index (χ4n) is 1.98. The maximum Gasteiger partial charge on any atom is 0.343 e. The maximum absolute atomic E-state index is 11.9. The second kappa shape index (κ2) is 5.71. The molecule has 1 N–H and O–H groups in total. The Bertz CT molecular complexity index is 826. The summed E-state index contributed by atoms with van der Waals surface area (Å²) in [5.41, 5.74) is 1.17. The van der Waals surface area contributed by atoms with Crippen molar-refractivity contribution in [1.82, 2.24) is 19.7 Å². The van der Waals surface area contributed by atoms with Crippen LogP contribution in [0.15, 0.2) is 47.4 Å². The van der Waals surface area contributed by atoms with E-state index < -0.39 is 0 Å². The Morgan fingerprint density at radius 3 is 2.71 bits per heavy atom. The third kappa shape index (κ3) is 2.84. The van der Waals surface area contributed by atoms with Gasteiger partial charge in [-0.05, 0) is 29.8 Å². The molecule has 0 amide bonds. The molecule has 2 aromatic heterocycles. The average molecular weight is 321 g/mol. The average Bonchev–Trinajstić information content (AvgIpc) is 2.85. The third-order valence-electron chi connectivity index (χ3n) is 2.98. The van der Waals surface area contributed by atoms with E-state index in [1.54, 1.807) is 30.5 Å². The van der Waals surface area contributed by atoms with Gasteiger partial charge in [0.2, 0.25) is 0 Å². The van der Waals surface area contributed by atoms with Crippen LogP contribution in [0.5, 0.6) is 0 Å².